The van der Waals surface area contributed by atoms with Crippen LogP contribution in [0.2, 0.25) is 0 Å². The zero-order chi connectivity index (χ0) is 47.4. The lowest BCUT2D eigenvalue weighted by Gasteiger charge is -2.34. The summed E-state index contributed by atoms with van der Waals surface area (Å²) >= 11 is 3.73. The summed E-state index contributed by atoms with van der Waals surface area (Å²) in [5, 5.41) is 10.9. The second kappa shape index (κ2) is 17.7. The molecule has 9 aromatic carbocycles. The highest BCUT2D eigenvalue weighted by Crippen LogP contribution is 2.46. The molecule has 0 aromatic heterocycles. The van der Waals surface area contributed by atoms with Gasteiger partial charge in [-0.15, -0.1) is 0 Å². The molecule has 11 rings (SSSR count). The van der Waals surface area contributed by atoms with Crippen molar-refractivity contribution in [1.82, 2.24) is 0 Å². The molecule has 0 unspecified atom stereocenters. The summed E-state index contributed by atoms with van der Waals surface area (Å²) in [6, 6.07) is 77.4. The Morgan fingerprint density at radius 2 is 0.884 bits per heavy atom. The van der Waals surface area contributed by atoms with E-state index in [0.29, 0.717) is 5.56 Å². The molecule has 0 radical (unpaired) electrons. The van der Waals surface area contributed by atoms with Gasteiger partial charge in [0.1, 0.15) is 0 Å². The molecule has 0 aliphatic carbocycles. The molecule has 2 aliphatic rings. The number of fused-ring (bicyclic) bond motifs is 4. The van der Waals surface area contributed by atoms with E-state index in [0.717, 1.165) is 56.4 Å². The summed E-state index contributed by atoms with van der Waals surface area (Å²) < 4.78 is 0. The molecular weight excluding hydrogens is 874 g/mol. The molecule has 0 saturated heterocycles. The Bertz CT molecular complexity index is 3310. The van der Waals surface area contributed by atoms with Gasteiger partial charge in [0.2, 0.25) is 6.71 Å². The summed E-state index contributed by atoms with van der Waals surface area (Å²) in [6.07, 6.45) is 0. The van der Waals surface area contributed by atoms with Crippen LogP contribution in [-0.2, 0) is 10.8 Å². The second-order valence-electron chi connectivity index (χ2n) is 20.1. The highest BCUT2D eigenvalue weighted by molar-refractivity contribution is 8.01. The molecule has 9 aromatic rings. The van der Waals surface area contributed by atoms with Crippen LogP contribution in [0.3, 0.4) is 0 Å². The number of nitrogens with zero attached hydrogens (tertiary/aromatic N) is 3. The summed E-state index contributed by atoms with van der Waals surface area (Å²) in [7, 11) is 0. The Balaban J connectivity index is 1.03. The average molecular weight is 926 g/mol. The molecule has 0 bridgehead atoms. The van der Waals surface area contributed by atoms with E-state index in [-0.39, 0.29) is 17.5 Å². The van der Waals surface area contributed by atoms with Crippen LogP contribution in [-0.4, -0.2) is 6.71 Å². The van der Waals surface area contributed by atoms with E-state index in [4.69, 9.17) is 0 Å². The Hall–Kier alpha value is -7.17. The third-order valence-electron chi connectivity index (χ3n) is 13.6. The Morgan fingerprint density at radius 1 is 0.406 bits per heavy atom. The Kier molecular flexibility index (Phi) is 11.4. The first-order valence-electron chi connectivity index (χ1n) is 23.7. The van der Waals surface area contributed by atoms with Crippen LogP contribution in [0.25, 0.3) is 22.3 Å². The van der Waals surface area contributed by atoms with Crippen LogP contribution in [0, 0.1) is 11.3 Å². The minimum absolute atomic E-state index is 0.0572. The predicted molar refractivity (Wildman–Crippen MR) is 295 cm³/mol. The lowest BCUT2D eigenvalue weighted by molar-refractivity contribution is 0.590. The van der Waals surface area contributed by atoms with E-state index in [2.05, 4.69) is 258 Å². The topological polar surface area (TPSA) is 30.3 Å². The van der Waals surface area contributed by atoms with Crippen LogP contribution in [0.15, 0.2) is 226 Å². The van der Waals surface area contributed by atoms with E-state index in [1.165, 1.54) is 47.1 Å². The van der Waals surface area contributed by atoms with Gasteiger partial charge in [0.15, 0.2) is 0 Å². The van der Waals surface area contributed by atoms with E-state index in [1.54, 1.807) is 0 Å². The molecule has 0 spiro atoms. The monoisotopic (exact) mass is 925 g/mol. The smallest absolute Gasteiger partial charge is 0.247 e. The number of hydrogen-bond donors (Lipinski definition) is 0. The molecule has 6 heteroatoms. The zero-order valence-corrected chi connectivity index (χ0v) is 41.5. The van der Waals surface area contributed by atoms with Gasteiger partial charge in [0.05, 0.1) is 17.3 Å². The molecule has 69 heavy (non-hydrogen) atoms. The molecule has 3 nitrogen and oxygen atoms in total. The van der Waals surface area contributed by atoms with Crippen molar-refractivity contribution in [3.05, 3.63) is 223 Å². The fraction of sp³-hybridized carbons (Fsp3) is 0.127. The molecule has 0 N–H and O–H groups in total. The zero-order valence-electron chi connectivity index (χ0n) is 39.9. The first-order valence-corrected chi connectivity index (χ1v) is 25.4. The van der Waals surface area contributed by atoms with Crippen molar-refractivity contribution in [3.63, 3.8) is 0 Å². The number of para-hydroxylation sites is 2. The average Bonchev–Trinajstić information content (AvgIpc) is 3.37. The lowest BCUT2D eigenvalue weighted by Crippen LogP contribution is -2.58. The van der Waals surface area contributed by atoms with Crippen molar-refractivity contribution < 1.29 is 0 Å². The van der Waals surface area contributed by atoms with Crippen molar-refractivity contribution >= 4 is 80.7 Å². The molecule has 0 atom stereocenters. The van der Waals surface area contributed by atoms with Crippen LogP contribution in [0.5, 0.6) is 0 Å². The van der Waals surface area contributed by atoms with Gasteiger partial charge in [-0.2, -0.15) is 5.26 Å². The summed E-state index contributed by atoms with van der Waals surface area (Å²) in [5.41, 5.74) is 17.8. The molecule has 0 saturated carbocycles. The van der Waals surface area contributed by atoms with Gasteiger partial charge < -0.3 is 9.80 Å². The maximum absolute atomic E-state index is 10.9. The highest BCUT2D eigenvalue weighted by atomic mass is 32.2. The van der Waals surface area contributed by atoms with Crippen molar-refractivity contribution in [1.29, 1.82) is 5.26 Å². The summed E-state index contributed by atoms with van der Waals surface area (Å²) in [6.45, 7) is 13.7. The fourth-order valence-corrected chi connectivity index (χ4v) is 12.4. The van der Waals surface area contributed by atoms with Crippen LogP contribution in [0.4, 0.5) is 34.1 Å². The third-order valence-corrected chi connectivity index (χ3v) is 15.8. The Morgan fingerprint density at radius 3 is 1.41 bits per heavy atom. The normalized spacial score (nSPS) is 12.6. The van der Waals surface area contributed by atoms with Gasteiger partial charge in [-0.1, -0.05) is 191 Å². The lowest BCUT2D eigenvalue weighted by atomic mass is 9.36. The van der Waals surface area contributed by atoms with Gasteiger partial charge in [-0.3, -0.25) is 0 Å². The van der Waals surface area contributed by atoms with Gasteiger partial charge in [-0.25, -0.2) is 0 Å². The quantitative estimate of drug-likeness (QED) is 0.142. The SMILES string of the molecule is CC(C)(C)c1ccc(N(c2ccc(C(C)(C)C)cc2)c2ccc3c(c2)Sc2cccc4c2B3c2ccc(-c3cc(N(c5ccccc5)c5ccccc5)c(-c5ccccc5)cc3C#N)cc2S4)cc1. The highest BCUT2D eigenvalue weighted by Gasteiger charge is 2.38. The number of nitriles is 1. The van der Waals surface area contributed by atoms with Gasteiger partial charge in [0, 0.05) is 59.1 Å². The van der Waals surface area contributed by atoms with Crippen molar-refractivity contribution in [3.8, 4) is 28.3 Å². The third kappa shape index (κ3) is 8.35. The number of benzene rings is 9. The number of hydrogen-bond acceptors (Lipinski definition) is 5. The molecule has 2 aliphatic heterocycles. The Labute approximate surface area is 416 Å². The molecule has 0 fully saturated rings. The number of anilines is 6. The minimum atomic E-state index is 0.0572. The van der Waals surface area contributed by atoms with E-state index in [1.807, 2.05) is 29.6 Å². The maximum atomic E-state index is 10.9. The first-order chi connectivity index (χ1) is 33.4. The molecule has 2 heterocycles. The van der Waals surface area contributed by atoms with Crippen molar-refractivity contribution in [2.75, 3.05) is 9.80 Å². The van der Waals surface area contributed by atoms with Gasteiger partial charge >= 0.3 is 0 Å². The van der Waals surface area contributed by atoms with Crippen LogP contribution in [0.1, 0.15) is 58.2 Å². The van der Waals surface area contributed by atoms with Crippen LogP contribution < -0.4 is 26.2 Å². The van der Waals surface area contributed by atoms with Crippen molar-refractivity contribution in [2.24, 2.45) is 0 Å². The maximum Gasteiger partial charge on any atom is 0.247 e. The first kappa shape index (κ1) is 44.3. The largest absolute Gasteiger partial charge is 0.310 e. The van der Waals surface area contributed by atoms with Crippen LogP contribution >= 0.6 is 23.5 Å². The summed E-state index contributed by atoms with van der Waals surface area (Å²) in [4.78, 5) is 9.78. The van der Waals surface area contributed by atoms with Gasteiger partial charge in [0.25, 0.3) is 0 Å². The minimum Gasteiger partial charge on any atom is -0.310 e. The van der Waals surface area contributed by atoms with E-state index in [9.17, 15) is 5.26 Å². The second-order valence-corrected chi connectivity index (χ2v) is 22.3. The number of rotatable bonds is 8. The van der Waals surface area contributed by atoms with E-state index >= 15 is 0 Å². The molecule has 0 amide bonds. The van der Waals surface area contributed by atoms with E-state index < -0.39 is 0 Å². The molecular formula is C63H52BN3S2. The molecule has 334 valence electrons. The fourth-order valence-electron chi connectivity index (χ4n) is 9.92. The standard InChI is InChI=1S/C63H52BN3S2/c1-62(2,3)45-26-30-49(31-27-45)66(50-32-28-46(29-33-50)63(4,5)6)51-34-36-55-60(39-51)69-58-24-16-23-57-61(58)64(55)54-35-25-43(38-59(54)68-57)52-40-56(53(37-44(52)41-65)42-17-10-7-11-18-42)67(47-19-12-8-13-20-47)48-21-14-9-15-22-48/h7-40H,1-6H3. The van der Waals surface area contributed by atoms with Crippen molar-refractivity contribution in [2.45, 2.75) is 72.0 Å². The van der Waals surface area contributed by atoms with Gasteiger partial charge in [-0.05, 0) is 130 Å². The summed E-state index contributed by atoms with van der Waals surface area (Å²) in [5.74, 6) is 0. The predicted octanol–water partition coefficient (Wildman–Crippen LogP) is 15.9.